The summed E-state index contributed by atoms with van der Waals surface area (Å²) in [5, 5.41) is 17.7. The molecule has 4 nitrogen and oxygen atoms in total. The van der Waals surface area contributed by atoms with Gasteiger partial charge in [-0.05, 0) is 48.4 Å². The zero-order chi connectivity index (χ0) is 14.8. The van der Waals surface area contributed by atoms with E-state index in [0.717, 1.165) is 24.0 Å². The normalized spacial score (nSPS) is 17.2. The Kier molecular flexibility index (Phi) is 4.24. The number of nitriles is 1. The molecule has 1 atom stereocenters. The van der Waals surface area contributed by atoms with E-state index in [9.17, 15) is 9.00 Å². The number of rotatable bonds is 6. The molecule has 0 saturated heterocycles. The van der Waals surface area contributed by atoms with Crippen LogP contribution in [0.25, 0.3) is 0 Å². The first kappa shape index (κ1) is 14.7. The molecule has 5 heteroatoms. The van der Waals surface area contributed by atoms with Crippen LogP contribution in [-0.4, -0.2) is 21.0 Å². The molecule has 1 aromatic rings. The zero-order valence-electron chi connectivity index (χ0n) is 11.4. The summed E-state index contributed by atoms with van der Waals surface area (Å²) in [4.78, 5) is 10.8. The first-order valence-electron chi connectivity index (χ1n) is 6.50. The van der Waals surface area contributed by atoms with Crippen molar-refractivity contribution >= 4 is 16.8 Å². The maximum absolute atomic E-state index is 12.2. The van der Waals surface area contributed by atoms with Crippen molar-refractivity contribution in [2.75, 3.05) is 5.75 Å². The summed E-state index contributed by atoms with van der Waals surface area (Å²) >= 11 is 0. The summed E-state index contributed by atoms with van der Waals surface area (Å²) in [7, 11) is -1.06. The minimum Gasteiger partial charge on any atom is -0.481 e. The van der Waals surface area contributed by atoms with Crippen molar-refractivity contribution in [3.05, 3.63) is 34.9 Å². The van der Waals surface area contributed by atoms with Crippen LogP contribution in [0.5, 0.6) is 0 Å². The van der Waals surface area contributed by atoms with Crippen LogP contribution >= 0.6 is 0 Å². The minimum absolute atomic E-state index is 0.116. The summed E-state index contributed by atoms with van der Waals surface area (Å²) in [6, 6.07) is 7.43. The van der Waals surface area contributed by atoms with Crippen LogP contribution in [0, 0.1) is 23.7 Å². The molecule has 1 aliphatic rings. The van der Waals surface area contributed by atoms with Gasteiger partial charge in [0.15, 0.2) is 0 Å². The number of aliphatic carboxylic acids is 1. The van der Waals surface area contributed by atoms with Gasteiger partial charge in [-0.2, -0.15) is 5.26 Å². The summed E-state index contributed by atoms with van der Waals surface area (Å²) < 4.78 is 12.2. The van der Waals surface area contributed by atoms with Crippen LogP contribution in [0.1, 0.15) is 36.0 Å². The molecule has 1 unspecified atom stereocenters. The molecule has 1 aliphatic carbocycles. The smallest absolute Gasteiger partial charge is 0.303 e. The molecule has 1 aromatic carbocycles. The van der Waals surface area contributed by atoms with E-state index in [1.165, 1.54) is 0 Å². The van der Waals surface area contributed by atoms with Gasteiger partial charge in [0.05, 0.1) is 18.1 Å². The highest BCUT2D eigenvalue weighted by Gasteiger charge is 2.45. The van der Waals surface area contributed by atoms with Crippen molar-refractivity contribution < 1.29 is 14.1 Å². The molecule has 1 N–H and O–H groups in total. The fraction of sp³-hybridized carbons (Fsp3) is 0.467. The number of nitrogens with zero attached hydrogens (tertiary/aromatic N) is 1. The summed E-state index contributed by atoms with van der Waals surface area (Å²) in [6.45, 7) is 1.90. The van der Waals surface area contributed by atoms with Crippen molar-refractivity contribution in [1.82, 2.24) is 0 Å². The molecule has 0 aromatic heterocycles. The van der Waals surface area contributed by atoms with Crippen LogP contribution in [-0.2, 0) is 21.3 Å². The van der Waals surface area contributed by atoms with Gasteiger partial charge < -0.3 is 5.11 Å². The minimum atomic E-state index is -1.06. The van der Waals surface area contributed by atoms with E-state index in [1.807, 2.05) is 13.0 Å². The van der Waals surface area contributed by atoms with Gasteiger partial charge in [0.2, 0.25) is 0 Å². The highest BCUT2D eigenvalue weighted by Crippen LogP contribution is 2.49. The highest BCUT2D eigenvalue weighted by molar-refractivity contribution is 7.84. The monoisotopic (exact) mass is 291 g/mol. The maximum atomic E-state index is 12.2. The molecule has 0 amide bonds. The van der Waals surface area contributed by atoms with Crippen molar-refractivity contribution in [3.63, 3.8) is 0 Å². The quantitative estimate of drug-likeness (QED) is 0.872. The van der Waals surface area contributed by atoms with Crippen LogP contribution in [0.15, 0.2) is 18.2 Å². The van der Waals surface area contributed by atoms with Gasteiger partial charge in [0, 0.05) is 22.3 Å². The molecule has 0 radical (unpaired) electrons. The van der Waals surface area contributed by atoms with E-state index >= 15 is 0 Å². The molecule has 1 saturated carbocycles. The summed E-state index contributed by atoms with van der Waals surface area (Å²) in [5.41, 5.74) is 2.28. The van der Waals surface area contributed by atoms with Gasteiger partial charge in [0.25, 0.3) is 0 Å². The number of benzene rings is 1. The first-order valence-corrected chi connectivity index (χ1v) is 7.99. The Hall–Kier alpha value is -1.67. The van der Waals surface area contributed by atoms with E-state index < -0.39 is 16.8 Å². The van der Waals surface area contributed by atoms with E-state index in [0.29, 0.717) is 17.1 Å². The standard InChI is InChI=1S/C15H17NO3S/c1-11-6-12(8-16)2-3-13(11)9-20(19)10-15(4-5-15)7-14(17)18/h2-3,6H,4-5,7,9-10H2,1H3,(H,17,18). The highest BCUT2D eigenvalue weighted by atomic mass is 32.2. The lowest BCUT2D eigenvalue weighted by atomic mass is 10.1. The largest absolute Gasteiger partial charge is 0.481 e. The van der Waals surface area contributed by atoms with Gasteiger partial charge in [-0.1, -0.05) is 6.07 Å². The van der Waals surface area contributed by atoms with Crippen molar-refractivity contribution in [2.24, 2.45) is 5.41 Å². The van der Waals surface area contributed by atoms with Crippen LogP contribution in [0.2, 0.25) is 0 Å². The molecule has 0 spiro atoms. The molecular formula is C15H17NO3S. The number of hydrogen-bond acceptors (Lipinski definition) is 3. The topological polar surface area (TPSA) is 78.2 Å². The number of hydrogen-bond donors (Lipinski definition) is 1. The number of carboxylic acid groups (broad SMARTS) is 1. The van der Waals surface area contributed by atoms with E-state index in [-0.39, 0.29) is 11.8 Å². The molecule has 1 fully saturated rings. The zero-order valence-corrected chi connectivity index (χ0v) is 12.2. The first-order chi connectivity index (χ1) is 9.44. The third-order valence-corrected chi connectivity index (χ3v) is 5.31. The summed E-state index contributed by atoms with van der Waals surface area (Å²) in [6.07, 6.45) is 1.83. The molecule has 0 bridgehead atoms. The molecule has 106 valence electrons. The fourth-order valence-corrected chi connectivity index (χ4v) is 4.21. The Labute approximate surface area is 120 Å². The van der Waals surface area contributed by atoms with Crippen LogP contribution in [0.4, 0.5) is 0 Å². The predicted molar refractivity (Wildman–Crippen MR) is 76.5 cm³/mol. The van der Waals surface area contributed by atoms with Crippen molar-refractivity contribution in [3.8, 4) is 6.07 Å². The molecule has 20 heavy (non-hydrogen) atoms. The Morgan fingerprint density at radius 2 is 2.20 bits per heavy atom. The van der Waals surface area contributed by atoms with Gasteiger partial charge >= 0.3 is 5.97 Å². The number of aryl methyl sites for hydroxylation is 1. The lowest BCUT2D eigenvalue weighted by Gasteiger charge is -2.12. The Balaban J connectivity index is 1.99. The second-order valence-electron chi connectivity index (χ2n) is 5.55. The fourth-order valence-electron chi connectivity index (χ4n) is 2.36. The van der Waals surface area contributed by atoms with E-state index in [1.54, 1.807) is 12.1 Å². The molecular weight excluding hydrogens is 274 g/mol. The maximum Gasteiger partial charge on any atom is 0.303 e. The SMILES string of the molecule is Cc1cc(C#N)ccc1CS(=O)CC1(CC(=O)O)CC1. The van der Waals surface area contributed by atoms with Crippen LogP contribution < -0.4 is 0 Å². The lowest BCUT2D eigenvalue weighted by molar-refractivity contribution is -0.138. The summed E-state index contributed by atoms with van der Waals surface area (Å²) in [5.74, 6) is 0.0755. The van der Waals surface area contributed by atoms with Crippen molar-refractivity contribution in [1.29, 1.82) is 5.26 Å². The van der Waals surface area contributed by atoms with Gasteiger partial charge in [0.1, 0.15) is 0 Å². The predicted octanol–water partition coefficient (Wildman–Crippen LogP) is 2.37. The second kappa shape index (κ2) is 5.76. The Morgan fingerprint density at radius 1 is 1.50 bits per heavy atom. The van der Waals surface area contributed by atoms with Crippen LogP contribution in [0.3, 0.4) is 0 Å². The Morgan fingerprint density at radius 3 is 2.70 bits per heavy atom. The average Bonchev–Trinajstić information content (AvgIpc) is 3.09. The molecule has 2 rings (SSSR count). The van der Waals surface area contributed by atoms with Gasteiger partial charge in [-0.3, -0.25) is 9.00 Å². The van der Waals surface area contributed by atoms with Crippen molar-refractivity contribution in [2.45, 2.75) is 31.9 Å². The third-order valence-electron chi connectivity index (χ3n) is 3.74. The van der Waals surface area contributed by atoms with E-state index in [2.05, 4.69) is 6.07 Å². The lowest BCUT2D eigenvalue weighted by Crippen LogP contribution is -2.17. The number of carbonyl (C=O) groups is 1. The second-order valence-corrected chi connectivity index (χ2v) is 7.01. The average molecular weight is 291 g/mol. The van der Waals surface area contributed by atoms with E-state index in [4.69, 9.17) is 10.4 Å². The van der Waals surface area contributed by atoms with Gasteiger partial charge in [-0.15, -0.1) is 0 Å². The molecule has 0 heterocycles. The Bertz CT molecular complexity index is 600. The van der Waals surface area contributed by atoms with Gasteiger partial charge in [-0.25, -0.2) is 0 Å². The third kappa shape index (κ3) is 3.67. The molecule has 0 aliphatic heterocycles. The number of carboxylic acids is 1.